The van der Waals surface area contributed by atoms with Gasteiger partial charge in [-0.2, -0.15) is 0 Å². The van der Waals surface area contributed by atoms with E-state index < -0.39 is 12.0 Å². The second-order valence-electron chi connectivity index (χ2n) is 7.96. The van der Waals surface area contributed by atoms with Crippen molar-refractivity contribution in [3.05, 3.63) is 64.1 Å². The Hall–Kier alpha value is -2.38. The molecule has 2 aromatic rings. The molecule has 6 nitrogen and oxygen atoms in total. The number of carboxylic acid groups (broad SMARTS) is 1. The smallest absolute Gasteiger partial charge is 0.319 e. The number of hydrogen-bond donors (Lipinski definition) is 2. The molecule has 0 saturated heterocycles. The molecule has 1 atom stereocenters. The number of rotatable bonds is 10. The van der Waals surface area contributed by atoms with E-state index in [4.69, 9.17) is 10.8 Å². The summed E-state index contributed by atoms with van der Waals surface area (Å²) in [7, 11) is 0. The van der Waals surface area contributed by atoms with Gasteiger partial charge in [-0.05, 0) is 74.0 Å². The Morgan fingerprint density at radius 1 is 1.03 bits per heavy atom. The van der Waals surface area contributed by atoms with Crippen molar-refractivity contribution in [1.29, 1.82) is 0 Å². The first-order chi connectivity index (χ1) is 15.0. The molecule has 1 aliphatic rings. The SMILES string of the molecule is NC(=O)N(CCCN(CCCC(=O)O)C1CCCc2ccccc21)c1ccc(Br)cc1. The molecule has 7 heteroatoms. The first kappa shape index (κ1) is 23.3. The van der Waals surface area contributed by atoms with E-state index in [1.165, 1.54) is 11.1 Å². The zero-order valence-corrected chi connectivity index (χ0v) is 19.3. The first-order valence-corrected chi connectivity index (χ1v) is 11.6. The van der Waals surface area contributed by atoms with Gasteiger partial charge in [0.05, 0.1) is 0 Å². The molecule has 3 rings (SSSR count). The fourth-order valence-corrected chi connectivity index (χ4v) is 4.65. The van der Waals surface area contributed by atoms with Crippen molar-refractivity contribution in [1.82, 2.24) is 4.90 Å². The van der Waals surface area contributed by atoms with Gasteiger partial charge in [0.15, 0.2) is 0 Å². The number of nitrogens with zero attached hydrogens (tertiary/aromatic N) is 2. The Morgan fingerprint density at radius 2 is 1.74 bits per heavy atom. The Morgan fingerprint density at radius 3 is 2.45 bits per heavy atom. The largest absolute Gasteiger partial charge is 0.481 e. The number of hydrogen-bond acceptors (Lipinski definition) is 3. The molecule has 0 fully saturated rings. The summed E-state index contributed by atoms with van der Waals surface area (Å²) in [6.45, 7) is 2.01. The van der Waals surface area contributed by atoms with Crippen LogP contribution in [0.2, 0.25) is 0 Å². The van der Waals surface area contributed by atoms with Crippen molar-refractivity contribution >= 4 is 33.6 Å². The molecule has 2 amide bonds. The Balaban J connectivity index is 1.69. The topological polar surface area (TPSA) is 86.9 Å². The number of carboxylic acids is 1. The van der Waals surface area contributed by atoms with Crippen LogP contribution in [0.4, 0.5) is 10.5 Å². The minimum atomic E-state index is -0.765. The van der Waals surface area contributed by atoms with Gasteiger partial charge < -0.3 is 10.8 Å². The maximum absolute atomic E-state index is 12.0. The van der Waals surface area contributed by atoms with Crippen LogP contribution >= 0.6 is 15.9 Å². The molecule has 0 aromatic heterocycles. The minimum absolute atomic E-state index is 0.164. The number of carbonyl (C=O) groups excluding carboxylic acids is 1. The highest BCUT2D eigenvalue weighted by molar-refractivity contribution is 9.10. The van der Waals surface area contributed by atoms with Gasteiger partial charge in [0.1, 0.15) is 0 Å². The van der Waals surface area contributed by atoms with Crippen molar-refractivity contribution in [2.75, 3.05) is 24.5 Å². The standard InChI is InChI=1S/C24H30BrN3O3/c25-19-11-13-20(14-12-19)28(24(26)31)17-5-16-27(15-4-10-23(29)30)22-9-3-7-18-6-1-2-8-21(18)22/h1-2,6,8,11-14,22H,3-5,7,9-10,15-17H2,(H2,26,31)(H,29,30). The average molecular weight is 488 g/mol. The zero-order chi connectivity index (χ0) is 22.2. The normalized spacial score (nSPS) is 15.5. The molecule has 0 aliphatic heterocycles. The van der Waals surface area contributed by atoms with Gasteiger partial charge >= 0.3 is 12.0 Å². The van der Waals surface area contributed by atoms with E-state index >= 15 is 0 Å². The lowest BCUT2D eigenvalue weighted by molar-refractivity contribution is -0.137. The second kappa shape index (κ2) is 11.3. The summed E-state index contributed by atoms with van der Waals surface area (Å²) in [6, 6.07) is 15.9. The molecular weight excluding hydrogens is 458 g/mol. The van der Waals surface area contributed by atoms with E-state index in [0.29, 0.717) is 13.0 Å². The molecule has 0 bridgehead atoms. The Labute approximate surface area is 192 Å². The van der Waals surface area contributed by atoms with E-state index in [1.54, 1.807) is 4.90 Å². The highest BCUT2D eigenvalue weighted by Crippen LogP contribution is 2.34. The number of halogens is 1. The first-order valence-electron chi connectivity index (χ1n) is 10.8. The van der Waals surface area contributed by atoms with E-state index in [-0.39, 0.29) is 12.5 Å². The molecule has 31 heavy (non-hydrogen) atoms. The van der Waals surface area contributed by atoms with Crippen LogP contribution in [0.5, 0.6) is 0 Å². The molecule has 1 unspecified atom stereocenters. The summed E-state index contributed by atoms with van der Waals surface area (Å²) in [5.74, 6) is -0.765. The molecule has 166 valence electrons. The van der Waals surface area contributed by atoms with Crippen LogP contribution in [0.3, 0.4) is 0 Å². The number of fused-ring (bicyclic) bond motifs is 1. The monoisotopic (exact) mass is 487 g/mol. The molecule has 0 saturated carbocycles. The quantitative estimate of drug-likeness (QED) is 0.495. The third kappa shape index (κ3) is 6.55. The molecule has 3 N–H and O–H groups in total. The van der Waals surface area contributed by atoms with Gasteiger partial charge in [0.2, 0.25) is 0 Å². The van der Waals surface area contributed by atoms with Gasteiger partial charge in [0.25, 0.3) is 0 Å². The number of amides is 2. The third-order valence-electron chi connectivity index (χ3n) is 5.85. The number of anilines is 1. The van der Waals surface area contributed by atoms with Gasteiger partial charge in [-0.1, -0.05) is 40.2 Å². The van der Waals surface area contributed by atoms with E-state index in [9.17, 15) is 9.59 Å². The van der Waals surface area contributed by atoms with Crippen molar-refractivity contribution in [3.8, 4) is 0 Å². The molecule has 1 aliphatic carbocycles. The van der Waals surface area contributed by atoms with Crippen molar-refractivity contribution in [2.24, 2.45) is 5.73 Å². The fourth-order valence-electron chi connectivity index (χ4n) is 4.38. The molecule has 0 heterocycles. The number of carbonyl (C=O) groups is 2. The number of nitrogens with two attached hydrogens (primary N) is 1. The number of aryl methyl sites for hydroxylation is 1. The van der Waals surface area contributed by atoms with Crippen LogP contribution in [0, 0.1) is 0 Å². The minimum Gasteiger partial charge on any atom is -0.481 e. The highest BCUT2D eigenvalue weighted by Gasteiger charge is 2.25. The molecular formula is C24H30BrN3O3. The predicted molar refractivity (Wildman–Crippen MR) is 126 cm³/mol. The molecule has 0 radical (unpaired) electrons. The van der Waals surface area contributed by atoms with Crippen molar-refractivity contribution in [3.63, 3.8) is 0 Å². The van der Waals surface area contributed by atoms with Gasteiger partial charge in [-0.25, -0.2) is 4.79 Å². The van der Waals surface area contributed by atoms with Gasteiger partial charge in [0, 0.05) is 35.7 Å². The summed E-state index contributed by atoms with van der Waals surface area (Å²) in [5, 5.41) is 9.07. The summed E-state index contributed by atoms with van der Waals surface area (Å²) in [6.07, 6.45) is 4.82. The lowest BCUT2D eigenvalue weighted by Gasteiger charge is -2.36. The molecule has 0 spiro atoms. The van der Waals surface area contributed by atoms with Gasteiger partial charge in [-0.15, -0.1) is 0 Å². The van der Waals surface area contributed by atoms with Gasteiger partial charge in [-0.3, -0.25) is 14.6 Å². The van der Waals surface area contributed by atoms with E-state index in [0.717, 1.165) is 48.9 Å². The van der Waals surface area contributed by atoms with E-state index in [2.05, 4.69) is 45.1 Å². The average Bonchev–Trinajstić information content (AvgIpc) is 2.75. The second-order valence-corrected chi connectivity index (χ2v) is 8.88. The van der Waals surface area contributed by atoms with Crippen LogP contribution in [-0.4, -0.2) is 41.6 Å². The maximum atomic E-state index is 12.0. The number of benzene rings is 2. The third-order valence-corrected chi connectivity index (χ3v) is 6.37. The van der Waals surface area contributed by atoms with Crippen LogP contribution in [0.1, 0.15) is 49.3 Å². The fraction of sp³-hybridized carbons (Fsp3) is 0.417. The van der Waals surface area contributed by atoms with Crippen LogP contribution < -0.4 is 10.6 Å². The van der Waals surface area contributed by atoms with Crippen LogP contribution in [-0.2, 0) is 11.2 Å². The highest BCUT2D eigenvalue weighted by atomic mass is 79.9. The summed E-state index contributed by atoms with van der Waals surface area (Å²) in [4.78, 5) is 27.0. The lowest BCUT2D eigenvalue weighted by Crippen LogP contribution is -2.39. The van der Waals surface area contributed by atoms with Crippen molar-refractivity contribution in [2.45, 2.75) is 44.6 Å². The number of primary amides is 1. The summed E-state index contributed by atoms with van der Waals surface area (Å²) in [5.41, 5.74) is 9.15. The number of urea groups is 1. The Bertz CT molecular complexity index is 888. The van der Waals surface area contributed by atoms with E-state index in [1.807, 2.05) is 24.3 Å². The molecule has 2 aromatic carbocycles. The zero-order valence-electron chi connectivity index (χ0n) is 17.7. The maximum Gasteiger partial charge on any atom is 0.319 e. The lowest BCUT2D eigenvalue weighted by atomic mass is 9.86. The van der Waals surface area contributed by atoms with Crippen LogP contribution in [0.15, 0.2) is 53.0 Å². The number of aliphatic carboxylic acids is 1. The van der Waals surface area contributed by atoms with Crippen LogP contribution in [0.25, 0.3) is 0 Å². The predicted octanol–water partition coefficient (Wildman–Crippen LogP) is 4.97. The summed E-state index contributed by atoms with van der Waals surface area (Å²) >= 11 is 3.41. The Kier molecular flexibility index (Phi) is 8.49. The van der Waals surface area contributed by atoms with Crippen molar-refractivity contribution < 1.29 is 14.7 Å². The summed E-state index contributed by atoms with van der Waals surface area (Å²) < 4.78 is 0.946.